The minimum Gasteiger partial charge on any atom is -0.391 e. The van der Waals surface area contributed by atoms with Gasteiger partial charge in [-0.05, 0) is 48.8 Å². The summed E-state index contributed by atoms with van der Waals surface area (Å²) in [5.74, 6) is 0.170. The zero-order chi connectivity index (χ0) is 26.2. The van der Waals surface area contributed by atoms with Gasteiger partial charge in [0, 0.05) is 19.5 Å². The van der Waals surface area contributed by atoms with Crippen molar-refractivity contribution in [1.29, 1.82) is 0 Å². The van der Waals surface area contributed by atoms with E-state index < -0.39 is 0 Å². The molecule has 1 saturated carbocycles. The zero-order valence-electron chi connectivity index (χ0n) is 22.0. The van der Waals surface area contributed by atoms with Crippen LogP contribution in [0.2, 0.25) is 0 Å². The van der Waals surface area contributed by atoms with Crippen LogP contribution in [0, 0.1) is 12.3 Å². The molecule has 1 aliphatic carbocycles. The van der Waals surface area contributed by atoms with E-state index >= 15 is 0 Å². The Morgan fingerprint density at radius 3 is 2.31 bits per heavy atom. The number of carbonyl (C=O) groups excluding carboxylic acids is 2. The van der Waals surface area contributed by atoms with E-state index in [-0.39, 0.29) is 23.0 Å². The van der Waals surface area contributed by atoms with Gasteiger partial charge in [0.05, 0.1) is 27.7 Å². The maximum Gasteiger partial charge on any atom is 0.223 e. The number of rotatable bonds is 5. The van der Waals surface area contributed by atoms with Crippen molar-refractivity contribution in [2.24, 2.45) is 11.1 Å². The summed E-state index contributed by atoms with van der Waals surface area (Å²) >= 11 is 1.66. The average Bonchev–Trinajstić information content (AvgIpc) is 3.19. The highest BCUT2D eigenvalue weighted by Crippen LogP contribution is 2.45. The molecule has 1 saturated heterocycles. The maximum absolute atomic E-state index is 11.6. The van der Waals surface area contributed by atoms with Crippen LogP contribution >= 0.6 is 11.3 Å². The summed E-state index contributed by atoms with van der Waals surface area (Å²) in [6.45, 7) is 13.3. The van der Waals surface area contributed by atoms with Gasteiger partial charge < -0.3 is 21.1 Å². The van der Waals surface area contributed by atoms with Gasteiger partial charge in [-0.2, -0.15) is 0 Å². The van der Waals surface area contributed by atoms with Crippen molar-refractivity contribution >= 4 is 23.7 Å². The number of nitrogens with two attached hydrogens (primary N) is 1. The van der Waals surface area contributed by atoms with Gasteiger partial charge in [0.15, 0.2) is 0 Å². The smallest absolute Gasteiger partial charge is 0.223 e. The van der Waals surface area contributed by atoms with Crippen molar-refractivity contribution < 1.29 is 14.7 Å². The number of likely N-dealkylation sites (tertiary alicyclic amines) is 1. The number of nitrogens with one attached hydrogen (secondary N) is 1. The number of aryl methyl sites for hydroxylation is 1. The van der Waals surface area contributed by atoms with Crippen LogP contribution in [0.3, 0.4) is 0 Å². The lowest BCUT2D eigenvalue weighted by molar-refractivity contribution is -0.132. The lowest BCUT2D eigenvalue weighted by atomic mass is 9.92. The van der Waals surface area contributed by atoms with Crippen LogP contribution < -0.4 is 11.1 Å². The fourth-order valence-electron chi connectivity index (χ4n) is 3.81. The minimum absolute atomic E-state index is 0.0463. The Hall–Kier alpha value is -2.29. The number of benzene rings is 1. The highest BCUT2D eigenvalue weighted by atomic mass is 32.1. The predicted octanol–water partition coefficient (Wildman–Crippen LogP) is 4.22. The van der Waals surface area contributed by atoms with Crippen molar-refractivity contribution in [2.45, 2.75) is 84.9 Å². The number of nitrogens with zero attached hydrogens (tertiary/aromatic N) is 2. The van der Waals surface area contributed by atoms with Gasteiger partial charge in [0.1, 0.15) is 0 Å². The van der Waals surface area contributed by atoms with Gasteiger partial charge in [0.2, 0.25) is 12.3 Å². The summed E-state index contributed by atoms with van der Waals surface area (Å²) in [4.78, 5) is 29.5. The fraction of sp³-hybridized carbons (Fsp3) is 0.593. The van der Waals surface area contributed by atoms with E-state index in [1.807, 2.05) is 26.3 Å². The number of hydrogen-bond acceptors (Lipinski definition) is 6. The predicted molar refractivity (Wildman–Crippen MR) is 143 cm³/mol. The number of amides is 2. The van der Waals surface area contributed by atoms with Crippen LogP contribution in [0.5, 0.6) is 0 Å². The monoisotopic (exact) mass is 502 g/mol. The van der Waals surface area contributed by atoms with Crippen LogP contribution in [-0.2, 0) is 15.1 Å². The summed E-state index contributed by atoms with van der Waals surface area (Å²) in [5.41, 5.74) is 10.4. The molecule has 1 aliphatic heterocycles. The molecule has 2 fully saturated rings. The molecule has 8 heteroatoms. The Morgan fingerprint density at radius 1 is 1.31 bits per heavy atom. The topological polar surface area (TPSA) is 109 Å². The third kappa shape index (κ3) is 9.35. The lowest BCUT2D eigenvalue weighted by Gasteiger charge is -2.22. The quantitative estimate of drug-likeness (QED) is 0.531. The van der Waals surface area contributed by atoms with E-state index in [0.29, 0.717) is 19.0 Å². The number of aliphatic hydroxyl groups excluding tert-OH is 1. The molecule has 0 spiro atoms. The number of aliphatic hydroxyl groups is 1. The fourth-order valence-corrected chi connectivity index (χ4v) is 4.62. The molecular weight excluding hydrogens is 460 g/mol. The molecule has 1 unspecified atom stereocenters. The lowest BCUT2D eigenvalue weighted by Crippen LogP contribution is -2.32. The highest BCUT2D eigenvalue weighted by Gasteiger charge is 2.43. The molecule has 1 aromatic carbocycles. The average molecular weight is 503 g/mol. The third-order valence-electron chi connectivity index (χ3n) is 5.73. The second-order valence-electron chi connectivity index (χ2n) is 11.0. The van der Waals surface area contributed by atoms with Crippen molar-refractivity contribution in [3.8, 4) is 10.4 Å². The van der Waals surface area contributed by atoms with E-state index in [2.05, 4.69) is 55.3 Å². The molecule has 1 atom stereocenters. The van der Waals surface area contributed by atoms with Gasteiger partial charge in [-0.1, -0.05) is 58.9 Å². The minimum atomic E-state index is -0.302. The van der Waals surface area contributed by atoms with Crippen molar-refractivity contribution in [1.82, 2.24) is 15.2 Å². The summed E-state index contributed by atoms with van der Waals surface area (Å²) < 4.78 is 0. The third-order valence-corrected chi connectivity index (χ3v) is 6.71. The molecule has 2 heterocycles. The van der Waals surface area contributed by atoms with Crippen LogP contribution in [0.25, 0.3) is 10.4 Å². The highest BCUT2D eigenvalue weighted by molar-refractivity contribution is 7.13. The van der Waals surface area contributed by atoms with E-state index in [4.69, 9.17) is 5.73 Å². The van der Waals surface area contributed by atoms with Crippen LogP contribution in [0.1, 0.15) is 71.6 Å². The number of hydrogen-bond donors (Lipinski definition) is 3. The SMILES string of the molecule is CC(C)(C)CC(=O)N1CCC(O)C1.CC(C)N.Cc1ncsc1-c1ccc(C2(NC=O)CC2)cc1. The van der Waals surface area contributed by atoms with E-state index in [1.165, 1.54) is 16.0 Å². The summed E-state index contributed by atoms with van der Waals surface area (Å²) in [6.07, 6.45) is 3.86. The Labute approximate surface area is 214 Å². The normalized spacial score (nSPS) is 18.2. The Bertz CT molecular complexity index is 943. The molecule has 2 aromatic rings. The first-order valence-electron chi connectivity index (χ1n) is 12.3. The summed E-state index contributed by atoms with van der Waals surface area (Å²) in [7, 11) is 0. The van der Waals surface area contributed by atoms with Gasteiger partial charge in [-0.3, -0.25) is 9.59 Å². The van der Waals surface area contributed by atoms with E-state index in [9.17, 15) is 14.7 Å². The van der Waals surface area contributed by atoms with Gasteiger partial charge in [-0.15, -0.1) is 11.3 Å². The Kier molecular flexibility index (Phi) is 10.4. The van der Waals surface area contributed by atoms with Crippen LogP contribution in [0.4, 0.5) is 0 Å². The zero-order valence-corrected chi connectivity index (χ0v) is 22.8. The first-order valence-corrected chi connectivity index (χ1v) is 13.2. The molecule has 0 bridgehead atoms. The molecule has 4 rings (SSSR count). The van der Waals surface area contributed by atoms with Gasteiger partial charge >= 0.3 is 0 Å². The Morgan fingerprint density at radius 2 is 1.91 bits per heavy atom. The number of aromatic nitrogens is 1. The molecule has 4 N–H and O–H groups in total. The molecule has 7 nitrogen and oxygen atoms in total. The molecule has 1 aromatic heterocycles. The summed E-state index contributed by atoms with van der Waals surface area (Å²) in [5, 5.41) is 12.2. The second-order valence-corrected chi connectivity index (χ2v) is 11.8. The first-order chi connectivity index (χ1) is 16.4. The molecular formula is C27H42N4O3S. The molecule has 2 amide bonds. The van der Waals surface area contributed by atoms with Crippen LogP contribution in [-0.4, -0.2) is 52.5 Å². The Balaban J connectivity index is 0.000000224. The standard InChI is InChI=1S/C14H14N2OS.C10H19NO2.C3H9N/c1-10-13(18-9-15-10)11-2-4-12(5-3-11)14(6-7-14)16-8-17;1-10(2,3)6-9(13)11-5-4-8(12)7-11;1-3(2)4/h2-5,8-9H,6-7H2,1H3,(H,16,17);8,12H,4-7H2,1-3H3;3H,4H2,1-2H3. The van der Waals surface area contributed by atoms with Crippen molar-refractivity contribution in [3.05, 3.63) is 41.0 Å². The van der Waals surface area contributed by atoms with Gasteiger partial charge in [-0.25, -0.2) is 4.98 Å². The molecule has 194 valence electrons. The van der Waals surface area contributed by atoms with Gasteiger partial charge in [0.25, 0.3) is 0 Å². The van der Waals surface area contributed by atoms with Crippen molar-refractivity contribution in [2.75, 3.05) is 13.1 Å². The number of thiazole rings is 1. The van der Waals surface area contributed by atoms with E-state index in [1.54, 1.807) is 16.2 Å². The molecule has 0 radical (unpaired) electrons. The molecule has 35 heavy (non-hydrogen) atoms. The summed E-state index contributed by atoms with van der Waals surface area (Å²) in [6, 6.07) is 8.78. The number of β-amino-alcohol motifs (C(OH)–C–C–N with tert-alkyl or cyclic N) is 1. The number of carbonyl (C=O) groups is 2. The maximum atomic E-state index is 11.6. The van der Waals surface area contributed by atoms with Crippen molar-refractivity contribution in [3.63, 3.8) is 0 Å². The first kappa shape index (κ1) is 28.9. The molecule has 2 aliphatic rings. The second kappa shape index (κ2) is 12.6. The van der Waals surface area contributed by atoms with E-state index in [0.717, 1.165) is 37.9 Å². The van der Waals surface area contributed by atoms with Crippen LogP contribution in [0.15, 0.2) is 29.8 Å². The largest absolute Gasteiger partial charge is 0.391 e.